The summed E-state index contributed by atoms with van der Waals surface area (Å²) in [5, 5.41) is 38.6. The molecule has 0 bridgehead atoms. The molecule has 0 nitrogen and oxygen atoms in total. The summed E-state index contributed by atoms with van der Waals surface area (Å²) in [6.07, 6.45) is 9.94. The summed E-state index contributed by atoms with van der Waals surface area (Å²) in [4.78, 5) is 0. The van der Waals surface area contributed by atoms with Gasteiger partial charge in [0.1, 0.15) is 0 Å². The molecular formula is C134H92P4. The third-order valence-corrected chi connectivity index (χ3v) is 42.4. The molecule has 22 aromatic carbocycles. The summed E-state index contributed by atoms with van der Waals surface area (Å²) in [5.41, 5.74) is 27.8. The smallest absolute Gasteiger partial charge is 0.0215 e. The fourth-order valence-electron chi connectivity index (χ4n) is 26.7. The van der Waals surface area contributed by atoms with E-state index in [9.17, 15) is 0 Å². The van der Waals surface area contributed by atoms with Gasteiger partial charge in [-0.2, -0.15) is 0 Å². The largest absolute Gasteiger partial charge is 0.0772 e. The van der Waals surface area contributed by atoms with Crippen molar-refractivity contribution < 1.29 is 0 Å². The van der Waals surface area contributed by atoms with E-state index in [1.165, 1.54) is 311 Å². The molecule has 0 aliphatic heterocycles. The summed E-state index contributed by atoms with van der Waals surface area (Å²) in [6.45, 7) is 0. The van der Waals surface area contributed by atoms with Gasteiger partial charge in [-0.25, -0.2) is 0 Å². The minimum Gasteiger partial charge on any atom is -0.0772 e. The molecule has 2 spiro atoms. The van der Waals surface area contributed by atoms with Crippen LogP contribution in [0.25, 0.3) is 237 Å². The Morgan fingerprint density at radius 3 is 0.754 bits per heavy atom. The minimum atomic E-state index is -0.793. The Hall–Kier alpha value is -14.9. The molecular weight excluding hydrogens is 1730 g/mol. The third-order valence-electron chi connectivity index (χ3n) is 32.1. The highest BCUT2D eigenvalue weighted by molar-refractivity contribution is 7.69. The van der Waals surface area contributed by atoms with E-state index in [-0.39, 0.29) is 10.8 Å². The summed E-state index contributed by atoms with van der Waals surface area (Å²) in [7, 11) is -3.00. The molecule has 4 aliphatic carbocycles. The van der Waals surface area contributed by atoms with Crippen molar-refractivity contribution in [2.24, 2.45) is 0 Å². The molecule has 4 aromatic heterocycles. The van der Waals surface area contributed by atoms with Gasteiger partial charge < -0.3 is 0 Å². The minimum absolute atomic E-state index is 0.0705. The third kappa shape index (κ3) is 11.8. The van der Waals surface area contributed by atoms with Gasteiger partial charge in [-0.15, -0.1) is 0 Å². The summed E-state index contributed by atoms with van der Waals surface area (Å²) >= 11 is 0. The number of hydrogen-bond donors (Lipinski definition) is 0. The quantitative estimate of drug-likeness (QED) is 0.120. The lowest BCUT2D eigenvalue weighted by molar-refractivity contribution is 0.550. The van der Waals surface area contributed by atoms with Crippen molar-refractivity contribution in [3.8, 4) is 110 Å². The van der Waals surface area contributed by atoms with Crippen LogP contribution in [0.5, 0.6) is 0 Å². The van der Waals surface area contributed by atoms with Gasteiger partial charge >= 0.3 is 0 Å². The number of rotatable bonds is 10. The van der Waals surface area contributed by atoms with Crippen LogP contribution >= 0.6 is 30.1 Å². The maximum atomic E-state index is 2.59. The molecule has 26 aromatic rings. The normalized spacial score (nSPS) is 14.5. The van der Waals surface area contributed by atoms with Crippen LogP contribution in [0.3, 0.4) is 0 Å². The van der Waals surface area contributed by atoms with Gasteiger partial charge in [-0.1, -0.05) is 493 Å². The van der Waals surface area contributed by atoms with Crippen LogP contribution in [0.4, 0.5) is 0 Å². The summed E-state index contributed by atoms with van der Waals surface area (Å²) in [6, 6.07) is 177. The van der Waals surface area contributed by atoms with E-state index >= 15 is 0 Å². The summed E-state index contributed by atoms with van der Waals surface area (Å²) in [5.74, 6) is 0. The van der Waals surface area contributed by atoms with Gasteiger partial charge in [0.2, 0.25) is 0 Å². The highest BCUT2D eigenvalue weighted by Gasteiger charge is 2.48. The van der Waals surface area contributed by atoms with Gasteiger partial charge in [0, 0.05) is 62.5 Å². The molecule has 4 heteroatoms. The molecule has 4 heterocycles. The second-order valence-electron chi connectivity index (χ2n) is 38.8. The van der Waals surface area contributed by atoms with E-state index in [4.69, 9.17) is 0 Å². The lowest BCUT2D eigenvalue weighted by atomic mass is 9.76. The Morgan fingerprint density at radius 1 is 0.145 bits per heavy atom. The van der Waals surface area contributed by atoms with Crippen molar-refractivity contribution in [1.82, 2.24) is 0 Å². The fourth-order valence-corrected chi connectivity index (χ4v) is 37.6. The molecule has 2 fully saturated rings. The molecule has 0 radical (unpaired) electrons. The first-order valence-electron chi connectivity index (χ1n) is 49.3. The molecule has 138 heavy (non-hydrogen) atoms. The zero-order chi connectivity index (χ0) is 90.4. The van der Waals surface area contributed by atoms with E-state index in [1.807, 2.05) is 0 Å². The van der Waals surface area contributed by atoms with Crippen LogP contribution in [-0.2, 0) is 10.8 Å². The van der Waals surface area contributed by atoms with Gasteiger partial charge in [0.25, 0.3) is 0 Å². The Kier molecular flexibility index (Phi) is 18.5. The lowest BCUT2D eigenvalue weighted by Crippen LogP contribution is -2.20. The van der Waals surface area contributed by atoms with E-state index in [0.717, 1.165) is 0 Å². The van der Waals surface area contributed by atoms with Crippen LogP contribution in [0, 0.1) is 0 Å². The molecule has 4 unspecified atom stereocenters. The average molecular weight is 1830 g/mol. The van der Waals surface area contributed by atoms with Crippen LogP contribution in [0.1, 0.15) is 73.6 Å². The van der Waals surface area contributed by atoms with Gasteiger partial charge in [-0.05, 0) is 258 Å². The highest BCUT2D eigenvalue weighted by atomic mass is 31.1. The molecule has 30 rings (SSSR count). The Morgan fingerprint density at radius 2 is 0.384 bits per heavy atom. The second kappa shape index (κ2) is 31.8. The predicted octanol–water partition coefficient (Wildman–Crippen LogP) is 40.8. The van der Waals surface area contributed by atoms with Crippen LogP contribution in [0.2, 0.25) is 0 Å². The van der Waals surface area contributed by atoms with Crippen LogP contribution in [-0.4, -0.2) is 0 Å². The molecule has 4 atom stereocenters. The molecule has 648 valence electrons. The molecule has 0 N–H and O–H groups in total. The van der Waals surface area contributed by atoms with Crippen molar-refractivity contribution >= 4 is 157 Å². The van der Waals surface area contributed by atoms with Crippen LogP contribution in [0.15, 0.2) is 461 Å². The van der Waals surface area contributed by atoms with Crippen molar-refractivity contribution in [3.05, 3.63) is 483 Å². The topological polar surface area (TPSA) is 0 Å². The summed E-state index contributed by atoms with van der Waals surface area (Å²) < 4.78 is 0. The SMILES string of the molecule is c1ccc(-p2c3ccccc3c3c(-c4cccc5c(-c6cccc7c6-c6ccccc6C76CCCC6)c6cccc(-c7cccc8c7c7ccccc7p8-c7ccccc7)c6cc45)cccc32)cc1.c1ccc(-p2c3ccccc3c3cccc(-c4cccc5c(-c6cccc7c6-c6ccccc6C76CCCC6)c6cccc(-c7cccc8c9ccccc9p(-c9ccccc9)c78)c6cc45)c32)cc1. The Labute approximate surface area is 806 Å². The van der Waals surface area contributed by atoms with Gasteiger partial charge in [-0.3, -0.25) is 0 Å². The first-order chi connectivity index (χ1) is 68.5. The van der Waals surface area contributed by atoms with Crippen LogP contribution < -0.4 is 0 Å². The van der Waals surface area contributed by atoms with Crippen molar-refractivity contribution in [3.63, 3.8) is 0 Å². The first kappa shape index (κ1) is 80.4. The molecule has 2 saturated carbocycles. The zero-order valence-corrected chi connectivity index (χ0v) is 79.9. The first-order valence-corrected chi connectivity index (χ1v) is 54.7. The highest BCUT2D eigenvalue weighted by Crippen LogP contribution is 2.67. The molecule has 4 aliphatic rings. The second-order valence-corrected chi connectivity index (χ2v) is 47.3. The molecule has 0 saturated heterocycles. The lowest BCUT2D eigenvalue weighted by Gasteiger charge is -2.27. The van der Waals surface area contributed by atoms with E-state index < -0.39 is 30.1 Å². The van der Waals surface area contributed by atoms with E-state index in [1.54, 1.807) is 0 Å². The number of benzene rings is 22. The Bertz CT molecular complexity index is 9150. The van der Waals surface area contributed by atoms with E-state index in [0.29, 0.717) is 0 Å². The number of hydrogen-bond acceptors (Lipinski definition) is 0. The van der Waals surface area contributed by atoms with Crippen molar-refractivity contribution in [2.45, 2.75) is 62.2 Å². The van der Waals surface area contributed by atoms with E-state index in [2.05, 4.69) is 461 Å². The fraction of sp³-hybridized carbons (Fsp3) is 0.0746. The zero-order valence-electron chi connectivity index (χ0n) is 76.3. The Balaban J connectivity index is 0.000000133. The maximum absolute atomic E-state index is 2.59. The van der Waals surface area contributed by atoms with Crippen molar-refractivity contribution in [1.29, 1.82) is 0 Å². The van der Waals surface area contributed by atoms with Gasteiger partial charge in [0.05, 0.1) is 0 Å². The standard InChI is InChI=1S/2C67H46P2/c1-3-20-43(21-4-1)68-61-38-11-8-24-47(61)53-33-17-31-51(65(53)68)45-27-15-29-49-57(45)42-58-46(52-32-18-34-54-48-25-9-12-39-62(48)69(66(52)54)44-22-5-2-6-23-44)28-16-30-50(58)63(49)56-35-19-37-60-64(56)55-26-7-10-36-59(55)67(60)40-13-14-41-67;1-3-20-43(21-4-1)68-59-36-11-8-25-52(59)65-47(31-18-38-61(65)68)45-27-15-29-49-55(45)42-56-46(48-32-19-39-62-66(48)53-26-9-12-37-60(53)69(62)44-22-5-2-6-23-44)28-16-30-50(56)63(49)54-33-17-35-58-64(54)51-24-7-10-34-57(51)67(58)40-13-14-41-67/h2*1-12,15-39,42H,13-14,40-41H2. The molecule has 0 amide bonds. The van der Waals surface area contributed by atoms with Gasteiger partial charge in [0.15, 0.2) is 0 Å². The average Bonchev–Trinajstić information content (AvgIpc) is 1.54. The monoisotopic (exact) mass is 1820 g/mol. The predicted molar refractivity (Wildman–Crippen MR) is 601 cm³/mol. The van der Waals surface area contributed by atoms with Crippen molar-refractivity contribution in [2.75, 3.05) is 0 Å². The number of fused-ring (bicyclic) bond motifs is 26. The maximum Gasteiger partial charge on any atom is 0.0215 e.